The van der Waals surface area contributed by atoms with Crippen molar-refractivity contribution in [2.24, 2.45) is 0 Å². The number of hydrogen-bond acceptors (Lipinski definition) is 4. The van der Waals surface area contributed by atoms with E-state index in [2.05, 4.69) is 27.3 Å². The first-order valence-electron chi connectivity index (χ1n) is 5.68. The molecule has 0 aromatic carbocycles. The van der Waals surface area contributed by atoms with Gasteiger partial charge in [-0.2, -0.15) is 4.98 Å². The minimum Gasteiger partial charge on any atom is -0.349 e. The highest BCUT2D eigenvalue weighted by molar-refractivity contribution is 6.30. The summed E-state index contributed by atoms with van der Waals surface area (Å²) >= 11 is 5.90. The van der Waals surface area contributed by atoms with Crippen LogP contribution in [-0.2, 0) is 0 Å². The Morgan fingerprint density at radius 2 is 2.35 bits per heavy atom. The van der Waals surface area contributed by atoms with Gasteiger partial charge in [-0.15, -0.1) is 5.10 Å². The molecule has 1 aliphatic heterocycles. The minimum atomic E-state index is 0.438. The normalized spacial score (nSPS) is 21.2. The smallest absolute Gasteiger partial charge is 0.243 e. The number of pyridine rings is 1. The predicted octanol–water partition coefficient (Wildman–Crippen LogP) is 1.50. The summed E-state index contributed by atoms with van der Waals surface area (Å²) in [7, 11) is 2.12. The number of nitrogens with one attached hydrogen (secondary N) is 1. The number of fused-ring (bicyclic) bond motifs is 1. The standard InChI is InChI=1S/C11H14ClN5/c1-16-5-4-9(7-16)13-11-14-10-3-2-8(12)6-17(10)15-11/h2-3,6,9H,4-5,7H2,1H3,(H,13,15). The van der Waals surface area contributed by atoms with Gasteiger partial charge in [-0.3, -0.25) is 0 Å². The van der Waals surface area contributed by atoms with Gasteiger partial charge in [0.1, 0.15) is 0 Å². The monoisotopic (exact) mass is 251 g/mol. The van der Waals surface area contributed by atoms with E-state index in [1.807, 2.05) is 12.1 Å². The Hall–Kier alpha value is -1.33. The second-order valence-corrected chi connectivity index (χ2v) is 4.91. The lowest BCUT2D eigenvalue weighted by molar-refractivity contribution is 0.414. The average molecular weight is 252 g/mol. The Bertz CT molecular complexity index is 538. The molecule has 1 N–H and O–H groups in total. The highest BCUT2D eigenvalue weighted by Crippen LogP contribution is 2.14. The Labute approximate surface area is 104 Å². The van der Waals surface area contributed by atoms with Crippen LogP contribution in [-0.4, -0.2) is 45.7 Å². The number of halogens is 1. The van der Waals surface area contributed by atoms with Crippen LogP contribution >= 0.6 is 11.6 Å². The van der Waals surface area contributed by atoms with Crippen LogP contribution in [0.5, 0.6) is 0 Å². The Morgan fingerprint density at radius 1 is 1.47 bits per heavy atom. The first-order chi connectivity index (χ1) is 8.20. The maximum absolute atomic E-state index is 5.90. The maximum atomic E-state index is 5.90. The van der Waals surface area contributed by atoms with Crippen molar-refractivity contribution >= 4 is 23.2 Å². The third-order valence-corrected chi connectivity index (χ3v) is 3.24. The number of likely N-dealkylation sites (N-methyl/N-ethyl adjacent to an activating group) is 1. The van der Waals surface area contributed by atoms with Gasteiger partial charge in [0, 0.05) is 18.8 Å². The van der Waals surface area contributed by atoms with Gasteiger partial charge < -0.3 is 10.2 Å². The number of likely N-dealkylation sites (tertiary alicyclic amines) is 1. The van der Waals surface area contributed by atoms with Crippen molar-refractivity contribution in [1.29, 1.82) is 0 Å². The molecule has 0 spiro atoms. The van der Waals surface area contributed by atoms with Crippen LogP contribution in [0.25, 0.3) is 5.65 Å². The first kappa shape index (κ1) is 10.8. The first-order valence-corrected chi connectivity index (χ1v) is 6.05. The lowest BCUT2D eigenvalue weighted by Gasteiger charge is -2.10. The predicted molar refractivity (Wildman–Crippen MR) is 67.5 cm³/mol. The second-order valence-electron chi connectivity index (χ2n) is 4.48. The zero-order valence-corrected chi connectivity index (χ0v) is 10.4. The average Bonchev–Trinajstić information content (AvgIpc) is 2.84. The molecule has 1 unspecified atom stereocenters. The molecule has 1 atom stereocenters. The van der Waals surface area contributed by atoms with E-state index in [0.29, 0.717) is 17.0 Å². The van der Waals surface area contributed by atoms with E-state index >= 15 is 0 Å². The van der Waals surface area contributed by atoms with Gasteiger partial charge in [-0.25, -0.2) is 4.52 Å². The van der Waals surface area contributed by atoms with E-state index in [1.165, 1.54) is 0 Å². The molecular formula is C11H14ClN5. The van der Waals surface area contributed by atoms with Crippen LogP contribution in [0.2, 0.25) is 5.02 Å². The summed E-state index contributed by atoms with van der Waals surface area (Å²) in [5, 5.41) is 8.37. The molecule has 1 fully saturated rings. The molecule has 1 saturated heterocycles. The van der Waals surface area contributed by atoms with Gasteiger partial charge in [0.2, 0.25) is 5.95 Å². The van der Waals surface area contributed by atoms with E-state index in [-0.39, 0.29) is 0 Å². The zero-order valence-electron chi connectivity index (χ0n) is 9.60. The SMILES string of the molecule is CN1CCC(Nc2nc3ccc(Cl)cn3n2)C1. The minimum absolute atomic E-state index is 0.438. The molecule has 0 saturated carbocycles. The highest BCUT2D eigenvalue weighted by Gasteiger charge is 2.20. The van der Waals surface area contributed by atoms with Gasteiger partial charge in [0.05, 0.1) is 5.02 Å². The Morgan fingerprint density at radius 3 is 3.12 bits per heavy atom. The summed E-state index contributed by atoms with van der Waals surface area (Å²) in [6.45, 7) is 2.16. The Kier molecular flexibility index (Phi) is 2.64. The molecule has 5 nitrogen and oxygen atoms in total. The summed E-state index contributed by atoms with van der Waals surface area (Å²) in [4.78, 5) is 6.70. The summed E-state index contributed by atoms with van der Waals surface area (Å²) < 4.78 is 1.70. The number of hydrogen-bond donors (Lipinski definition) is 1. The van der Waals surface area contributed by atoms with E-state index in [1.54, 1.807) is 10.7 Å². The molecule has 0 amide bonds. The van der Waals surface area contributed by atoms with Crippen LogP contribution in [0.1, 0.15) is 6.42 Å². The van der Waals surface area contributed by atoms with Gasteiger partial charge in [0.25, 0.3) is 0 Å². The number of nitrogens with zero attached hydrogens (tertiary/aromatic N) is 4. The lowest BCUT2D eigenvalue weighted by atomic mass is 10.3. The van der Waals surface area contributed by atoms with Crippen molar-refractivity contribution in [3.63, 3.8) is 0 Å². The van der Waals surface area contributed by atoms with Crippen LogP contribution in [0.3, 0.4) is 0 Å². The summed E-state index contributed by atoms with van der Waals surface area (Å²) in [5.41, 5.74) is 0.809. The number of rotatable bonds is 2. The third kappa shape index (κ3) is 2.21. The van der Waals surface area contributed by atoms with Crippen molar-refractivity contribution in [2.45, 2.75) is 12.5 Å². The Balaban J connectivity index is 1.81. The largest absolute Gasteiger partial charge is 0.349 e. The number of anilines is 1. The molecular weight excluding hydrogens is 238 g/mol. The molecule has 0 bridgehead atoms. The van der Waals surface area contributed by atoms with E-state index in [0.717, 1.165) is 25.2 Å². The maximum Gasteiger partial charge on any atom is 0.243 e. The van der Waals surface area contributed by atoms with E-state index in [4.69, 9.17) is 11.6 Å². The molecule has 17 heavy (non-hydrogen) atoms. The third-order valence-electron chi connectivity index (χ3n) is 3.02. The fourth-order valence-electron chi connectivity index (χ4n) is 2.15. The molecule has 0 radical (unpaired) electrons. The van der Waals surface area contributed by atoms with Crippen molar-refractivity contribution < 1.29 is 0 Å². The van der Waals surface area contributed by atoms with Crippen LogP contribution in [0.15, 0.2) is 18.3 Å². The van der Waals surface area contributed by atoms with Crippen molar-refractivity contribution in [1.82, 2.24) is 19.5 Å². The van der Waals surface area contributed by atoms with Crippen LogP contribution in [0, 0.1) is 0 Å². The second kappa shape index (κ2) is 4.16. The van der Waals surface area contributed by atoms with Gasteiger partial charge in [-0.05, 0) is 32.1 Å². The highest BCUT2D eigenvalue weighted by atomic mass is 35.5. The quantitative estimate of drug-likeness (QED) is 0.879. The van der Waals surface area contributed by atoms with Gasteiger partial charge in [0.15, 0.2) is 5.65 Å². The summed E-state index contributed by atoms with van der Waals surface area (Å²) in [5.74, 6) is 0.674. The summed E-state index contributed by atoms with van der Waals surface area (Å²) in [6, 6.07) is 4.12. The molecule has 2 aromatic rings. The molecule has 3 heterocycles. The summed E-state index contributed by atoms with van der Waals surface area (Å²) in [6.07, 6.45) is 2.89. The van der Waals surface area contributed by atoms with Crippen molar-refractivity contribution in [2.75, 3.05) is 25.5 Å². The molecule has 6 heteroatoms. The molecule has 1 aliphatic rings. The van der Waals surface area contributed by atoms with Gasteiger partial charge >= 0.3 is 0 Å². The van der Waals surface area contributed by atoms with E-state index < -0.39 is 0 Å². The van der Waals surface area contributed by atoms with Crippen LogP contribution in [0.4, 0.5) is 5.95 Å². The lowest BCUT2D eigenvalue weighted by Crippen LogP contribution is -2.24. The van der Waals surface area contributed by atoms with E-state index in [9.17, 15) is 0 Å². The topological polar surface area (TPSA) is 45.5 Å². The fourth-order valence-corrected chi connectivity index (χ4v) is 2.31. The molecule has 0 aliphatic carbocycles. The molecule has 3 rings (SSSR count). The molecule has 2 aromatic heterocycles. The molecule has 90 valence electrons. The van der Waals surface area contributed by atoms with Crippen LogP contribution < -0.4 is 5.32 Å². The van der Waals surface area contributed by atoms with Gasteiger partial charge in [-0.1, -0.05) is 11.6 Å². The zero-order chi connectivity index (χ0) is 11.8. The fraction of sp³-hybridized carbons (Fsp3) is 0.455. The number of aromatic nitrogens is 3. The van der Waals surface area contributed by atoms with Crippen molar-refractivity contribution in [3.05, 3.63) is 23.4 Å². The van der Waals surface area contributed by atoms with Crippen molar-refractivity contribution in [3.8, 4) is 0 Å².